The maximum atomic E-state index is 12.0. The summed E-state index contributed by atoms with van der Waals surface area (Å²) in [6.07, 6.45) is 1.17. The number of amides is 1. The summed E-state index contributed by atoms with van der Waals surface area (Å²) in [7, 11) is 0. The lowest BCUT2D eigenvalue weighted by molar-refractivity contribution is 0.0936. The third kappa shape index (κ3) is 2.90. The summed E-state index contributed by atoms with van der Waals surface area (Å²) in [6, 6.07) is 1.03. The van der Waals surface area contributed by atoms with E-state index >= 15 is 0 Å². The predicted octanol–water partition coefficient (Wildman–Crippen LogP) is 1.32. The number of hydrogen-bond donors (Lipinski definition) is 2. The van der Waals surface area contributed by atoms with E-state index in [-0.39, 0.29) is 5.56 Å². The van der Waals surface area contributed by atoms with Crippen molar-refractivity contribution < 1.29 is 9.32 Å². The van der Waals surface area contributed by atoms with Crippen molar-refractivity contribution in [2.75, 3.05) is 0 Å². The fourth-order valence-electron chi connectivity index (χ4n) is 1.48. The monoisotopic (exact) mass is 326 g/mol. The summed E-state index contributed by atoms with van der Waals surface area (Å²) in [5.74, 6) is -0.157. The van der Waals surface area contributed by atoms with Gasteiger partial charge in [-0.05, 0) is 35.8 Å². The summed E-state index contributed by atoms with van der Waals surface area (Å²) >= 11 is 3.26. The van der Waals surface area contributed by atoms with E-state index in [0.29, 0.717) is 16.0 Å². The average molecular weight is 327 g/mol. The van der Waals surface area contributed by atoms with Gasteiger partial charge in [0.2, 0.25) is 6.39 Å². The van der Waals surface area contributed by atoms with Crippen molar-refractivity contribution in [3.8, 4) is 0 Å². The molecule has 0 aromatic carbocycles. The van der Waals surface area contributed by atoms with Crippen LogP contribution in [-0.4, -0.2) is 21.0 Å². The van der Waals surface area contributed by atoms with Gasteiger partial charge in [0.05, 0.1) is 6.04 Å². The predicted molar refractivity (Wildman–Crippen MR) is 69.7 cm³/mol. The number of aryl methyl sites for hydroxylation is 1. The standard InChI is InChI=1S/C11H11BrN4O3/c1-5-8(12)3-7(10(17)14-5)11(18)15-6(2)9-13-4-19-16-9/h3-4,6H,1-2H3,(H,14,17)(H,15,18)/t6-/m1/s1. The zero-order valence-electron chi connectivity index (χ0n) is 10.2. The fraction of sp³-hybridized carbons (Fsp3) is 0.273. The second-order valence-corrected chi connectivity index (χ2v) is 4.82. The van der Waals surface area contributed by atoms with E-state index in [2.05, 4.69) is 40.9 Å². The quantitative estimate of drug-likeness (QED) is 0.885. The molecule has 0 aliphatic carbocycles. The largest absolute Gasteiger partial charge is 0.343 e. The molecule has 0 saturated heterocycles. The highest BCUT2D eigenvalue weighted by atomic mass is 79.9. The molecule has 2 aromatic heterocycles. The van der Waals surface area contributed by atoms with Crippen LogP contribution in [0.1, 0.15) is 34.8 Å². The molecule has 1 atom stereocenters. The molecule has 1 amide bonds. The maximum Gasteiger partial charge on any atom is 0.261 e. The molecular weight excluding hydrogens is 316 g/mol. The Hall–Kier alpha value is -1.96. The van der Waals surface area contributed by atoms with Crippen molar-refractivity contribution in [2.24, 2.45) is 0 Å². The second kappa shape index (κ2) is 5.35. The van der Waals surface area contributed by atoms with Gasteiger partial charge in [-0.2, -0.15) is 4.98 Å². The van der Waals surface area contributed by atoms with Crippen molar-refractivity contribution in [1.82, 2.24) is 20.4 Å². The van der Waals surface area contributed by atoms with Crippen molar-refractivity contribution in [2.45, 2.75) is 19.9 Å². The van der Waals surface area contributed by atoms with Gasteiger partial charge in [-0.3, -0.25) is 9.59 Å². The van der Waals surface area contributed by atoms with Crippen molar-refractivity contribution in [3.63, 3.8) is 0 Å². The van der Waals surface area contributed by atoms with Crippen LogP contribution in [0, 0.1) is 6.92 Å². The lowest BCUT2D eigenvalue weighted by atomic mass is 10.2. The third-order valence-corrected chi connectivity index (χ3v) is 3.36. The molecule has 2 rings (SSSR count). The second-order valence-electron chi connectivity index (χ2n) is 3.97. The molecule has 0 unspecified atom stereocenters. The smallest absolute Gasteiger partial charge is 0.261 e. The Labute approximate surface area is 116 Å². The summed E-state index contributed by atoms with van der Waals surface area (Å²) in [5.41, 5.74) is 0.235. The molecule has 0 bridgehead atoms. The van der Waals surface area contributed by atoms with Crippen LogP contribution in [-0.2, 0) is 0 Å². The number of pyridine rings is 1. The molecule has 2 aromatic rings. The Morgan fingerprint density at radius 3 is 2.95 bits per heavy atom. The number of carbonyl (C=O) groups is 1. The van der Waals surface area contributed by atoms with E-state index in [0.717, 1.165) is 0 Å². The molecule has 8 heteroatoms. The molecule has 0 fully saturated rings. The third-order valence-electron chi connectivity index (χ3n) is 2.53. The average Bonchev–Trinajstić information content (AvgIpc) is 2.87. The van der Waals surface area contributed by atoms with Crippen LogP contribution in [0.5, 0.6) is 0 Å². The summed E-state index contributed by atoms with van der Waals surface area (Å²) < 4.78 is 5.25. The fourth-order valence-corrected chi connectivity index (χ4v) is 1.80. The van der Waals surface area contributed by atoms with Gasteiger partial charge in [-0.1, -0.05) is 5.16 Å². The van der Waals surface area contributed by atoms with E-state index in [1.165, 1.54) is 12.5 Å². The van der Waals surface area contributed by atoms with E-state index in [1.54, 1.807) is 13.8 Å². The van der Waals surface area contributed by atoms with E-state index in [9.17, 15) is 9.59 Å². The Morgan fingerprint density at radius 2 is 2.32 bits per heavy atom. The molecule has 0 aliphatic rings. The minimum Gasteiger partial charge on any atom is -0.343 e. The molecule has 2 heterocycles. The van der Waals surface area contributed by atoms with E-state index < -0.39 is 17.5 Å². The van der Waals surface area contributed by atoms with Crippen LogP contribution in [0.3, 0.4) is 0 Å². The summed E-state index contributed by atoms with van der Waals surface area (Å²) in [4.78, 5) is 30.1. The van der Waals surface area contributed by atoms with E-state index in [4.69, 9.17) is 0 Å². The lowest BCUT2D eigenvalue weighted by Crippen LogP contribution is -2.32. The SMILES string of the molecule is Cc1[nH]c(=O)c(C(=O)N[C@H](C)c2ncon2)cc1Br. The first-order chi connectivity index (χ1) is 8.99. The molecule has 100 valence electrons. The van der Waals surface area contributed by atoms with Crippen molar-refractivity contribution >= 4 is 21.8 Å². The number of H-pyrrole nitrogens is 1. The number of nitrogens with one attached hydrogen (secondary N) is 2. The lowest BCUT2D eigenvalue weighted by Gasteiger charge is -2.10. The highest BCUT2D eigenvalue weighted by molar-refractivity contribution is 9.10. The zero-order chi connectivity index (χ0) is 14.0. The Kier molecular flexibility index (Phi) is 3.79. The number of hydrogen-bond acceptors (Lipinski definition) is 5. The van der Waals surface area contributed by atoms with Crippen LogP contribution in [0.15, 0.2) is 26.3 Å². The highest BCUT2D eigenvalue weighted by Gasteiger charge is 2.17. The Balaban J connectivity index is 2.21. The summed E-state index contributed by atoms with van der Waals surface area (Å²) in [5, 5.41) is 6.24. The number of nitrogens with zero attached hydrogens (tertiary/aromatic N) is 2. The van der Waals surface area contributed by atoms with Crippen LogP contribution in [0.25, 0.3) is 0 Å². The van der Waals surface area contributed by atoms with Crippen LogP contribution in [0.4, 0.5) is 0 Å². The molecule has 19 heavy (non-hydrogen) atoms. The topological polar surface area (TPSA) is 101 Å². The van der Waals surface area contributed by atoms with Crippen LogP contribution >= 0.6 is 15.9 Å². The van der Waals surface area contributed by atoms with Crippen LogP contribution in [0.2, 0.25) is 0 Å². The van der Waals surface area contributed by atoms with Crippen molar-refractivity contribution in [1.29, 1.82) is 0 Å². The first kappa shape index (κ1) is 13.5. The molecule has 0 radical (unpaired) electrons. The van der Waals surface area contributed by atoms with Crippen LogP contribution < -0.4 is 10.9 Å². The minimum atomic E-state index is -0.501. The minimum absolute atomic E-state index is 0.0211. The molecule has 7 nitrogen and oxygen atoms in total. The number of carbonyl (C=O) groups excluding carboxylic acids is 1. The van der Waals surface area contributed by atoms with Gasteiger partial charge < -0.3 is 14.8 Å². The Bertz CT molecular complexity index is 650. The first-order valence-electron chi connectivity index (χ1n) is 5.45. The number of halogens is 1. The molecular formula is C11H11BrN4O3. The zero-order valence-corrected chi connectivity index (χ0v) is 11.8. The Morgan fingerprint density at radius 1 is 1.58 bits per heavy atom. The molecule has 2 N–H and O–H groups in total. The number of aromatic nitrogens is 3. The normalized spacial score (nSPS) is 12.2. The molecule has 0 aliphatic heterocycles. The number of aromatic amines is 1. The van der Waals surface area contributed by atoms with Gasteiger partial charge in [0.25, 0.3) is 11.5 Å². The first-order valence-corrected chi connectivity index (χ1v) is 6.25. The maximum absolute atomic E-state index is 12.0. The van der Waals surface area contributed by atoms with Gasteiger partial charge >= 0.3 is 0 Å². The molecule has 0 spiro atoms. The summed E-state index contributed by atoms with van der Waals surface area (Å²) in [6.45, 7) is 3.43. The van der Waals surface area contributed by atoms with E-state index in [1.807, 2.05) is 0 Å². The van der Waals surface area contributed by atoms with Gasteiger partial charge in [0.1, 0.15) is 5.56 Å². The van der Waals surface area contributed by atoms with Gasteiger partial charge in [-0.25, -0.2) is 0 Å². The van der Waals surface area contributed by atoms with Gasteiger partial charge in [-0.15, -0.1) is 0 Å². The van der Waals surface area contributed by atoms with Gasteiger partial charge in [0.15, 0.2) is 5.82 Å². The van der Waals surface area contributed by atoms with Gasteiger partial charge in [0, 0.05) is 10.2 Å². The number of rotatable bonds is 3. The highest BCUT2D eigenvalue weighted by Crippen LogP contribution is 2.13. The van der Waals surface area contributed by atoms with Crippen molar-refractivity contribution in [3.05, 3.63) is 44.4 Å². The molecule has 0 saturated carbocycles.